The Kier molecular flexibility index (Phi) is 4.64. The smallest absolute Gasteiger partial charge is 0.150 e. The van der Waals surface area contributed by atoms with Crippen molar-refractivity contribution in [3.63, 3.8) is 0 Å². The van der Waals surface area contributed by atoms with Crippen LogP contribution in [0.4, 0.5) is 14.5 Å². The van der Waals surface area contributed by atoms with E-state index >= 15 is 0 Å². The highest BCUT2D eigenvalue weighted by atomic mass is 79.9. The highest BCUT2D eigenvalue weighted by Crippen LogP contribution is 2.32. The van der Waals surface area contributed by atoms with Crippen LogP contribution in [0.25, 0.3) is 0 Å². The molecular weight excluding hydrogens is 411 g/mol. The Bertz CT molecular complexity index is 546. The van der Waals surface area contributed by atoms with Crippen LogP contribution in [0.1, 0.15) is 4.88 Å². The third-order valence-corrected chi connectivity index (χ3v) is 5.07. The number of anilines is 1. The molecule has 0 saturated carbocycles. The minimum Gasteiger partial charge on any atom is -0.375 e. The van der Waals surface area contributed by atoms with Crippen molar-refractivity contribution in [1.82, 2.24) is 0 Å². The number of hydrogen-bond acceptors (Lipinski definition) is 2. The minimum absolute atomic E-state index is 0.140. The molecule has 1 nitrogen and oxygen atoms in total. The molecule has 0 aliphatic carbocycles. The van der Waals surface area contributed by atoms with E-state index < -0.39 is 11.6 Å². The monoisotopic (exact) mass is 415 g/mol. The third kappa shape index (κ3) is 3.23. The van der Waals surface area contributed by atoms with E-state index in [2.05, 4.69) is 37.2 Å². The maximum atomic E-state index is 13.5. The van der Waals surface area contributed by atoms with Gasteiger partial charge in [-0.1, -0.05) is 27.5 Å². The molecule has 0 radical (unpaired) electrons. The molecule has 1 aromatic carbocycles. The zero-order valence-corrected chi connectivity index (χ0v) is 13.5. The summed E-state index contributed by atoms with van der Waals surface area (Å²) in [6.45, 7) is 0.311. The van der Waals surface area contributed by atoms with Crippen molar-refractivity contribution in [1.29, 1.82) is 0 Å². The maximum Gasteiger partial charge on any atom is 0.150 e. The fraction of sp³-hybridized carbons (Fsp3) is 0.0909. The topological polar surface area (TPSA) is 12.0 Å². The van der Waals surface area contributed by atoms with Crippen LogP contribution in [0, 0.1) is 11.6 Å². The van der Waals surface area contributed by atoms with E-state index in [1.165, 1.54) is 23.5 Å². The second-order valence-electron chi connectivity index (χ2n) is 3.43. The first-order valence-corrected chi connectivity index (χ1v) is 7.57. The summed E-state index contributed by atoms with van der Waals surface area (Å²) in [5, 5.41) is 2.73. The van der Waals surface area contributed by atoms with Gasteiger partial charge in [-0.2, -0.15) is 0 Å². The van der Waals surface area contributed by atoms with Crippen LogP contribution in [0.15, 0.2) is 27.1 Å². The zero-order chi connectivity index (χ0) is 13.3. The Hall–Kier alpha value is -0.170. The number of nitrogens with one attached hydrogen (secondary N) is 1. The van der Waals surface area contributed by atoms with E-state index in [1.54, 1.807) is 0 Å². The Labute approximate surface area is 128 Å². The van der Waals surface area contributed by atoms with Gasteiger partial charge in [-0.3, -0.25) is 0 Å². The van der Waals surface area contributed by atoms with E-state index in [9.17, 15) is 8.78 Å². The van der Waals surface area contributed by atoms with Crippen LogP contribution < -0.4 is 5.32 Å². The predicted octanol–water partition coefficient (Wildman–Crippen LogP) is 5.82. The quantitative estimate of drug-likeness (QED) is 0.664. The van der Waals surface area contributed by atoms with Crippen LogP contribution in [0.5, 0.6) is 0 Å². The number of benzene rings is 1. The first kappa shape index (κ1) is 14.2. The lowest BCUT2D eigenvalue weighted by molar-refractivity contribution is 0.586. The van der Waals surface area contributed by atoms with Gasteiger partial charge in [0, 0.05) is 20.4 Å². The molecule has 0 saturated heterocycles. The second kappa shape index (κ2) is 5.86. The van der Waals surface area contributed by atoms with Crippen molar-refractivity contribution >= 4 is 60.5 Å². The molecule has 1 heterocycles. The lowest BCUT2D eigenvalue weighted by atomic mass is 10.3. The molecule has 0 amide bonds. The zero-order valence-electron chi connectivity index (χ0n) is 8.74. The first-order chi connectivity index (χ1) is 8.47. The highest BCUT2D eigenvalue weighted by molar-refractivity contribution is 9.10. The molecule has 96 valence electrons. The van der Waals surface area contributed by atoms with Gasteiger partial charge in [-0.15, -0.1) is 11.3 Å². The molecule has 1 N–H and O–H groups in total. The van der Waals surface area contributed by atoms with Gasteiger partial charge in [0.1, 0.15) is 21.7 Å². The van der Waals surface area contributed by atoms with Crippen molar-refractivity contribution in [2.75, 3.05) is 5.32 Å². The van der Waals surface area contributed by atoms with Crippen LogP contribution in [-0.2, 0) is 6.54 Å². The molecule has 0 spiro atoms. The van der Waals surface area contributed by atoms with Crippen LogP contribution >= 0.6 is 54.8 Å². The van der Waals surface area contributed by atoms with E-state index in [-0.39, 0.29) is 5.69 Å². The number of rotatable bonds is 3. The average Bonchev–Trinajstić information content (AvgIpc) is 2.56. The van der Waals surface area contributed by atoms with Crippen LogP contribution in [-0.4, -0.2) is 0 Å². The number of thiophene rings is 1. The van der Waals surface area contributed by atoms with E-state index in [1.807, 2.05) is 6.07 Å². The highest BCUT2D eigenvalue weighted by Gasteiger charge is 2.11. The Morgan fingerprint density at radius 1 is 1.17 bits per heavy atom. The molecule has 2 aromatic rings. The average molecular weight is 418 g/mol. The molecule has 0 atom stereocenters. The van der Waals surface area contributed by atoms with E-state index in [0.717, 1.165) is 9.35 Å². The summed E-state index contributed by atoms with van der Waals surface area (Å²) in [5.41, 5.74) is -0.140. The molecule has 0 aliphatic rings. The van der Waals surface area contributed by atoms with E-state index in [0.29, 0.717) is 15.4 Å². The van der Waals surface area contributed by atoms with Gasteiger partial charge in [0.25, 0.3) is 0 Å². The van der Waals surface area contributed by atoms with Crippen LogP contribution in [0.3, 0.4) is 0 Å². The SMILES string of the molecule is Fc1cc(Br)cc(F)c1NCc1cc(Br)c(Cl)s1. The van der Waals surface area contributed by atoms with Crippen molar-refractivity contribution in [2.45, 2.75) is 6.54 Å². The third-order valence-electron chi connectivity index (χ3n) is 2.14. The molecule has 0 bridgehead atoms. The summed E-state index contributed by atoms with van der Waals surface area (Å²) in [5.74, 6) is -1.27. The standard InChI is InChI=1S/C11H6Br2ClF2NS/c12-5-1-8(15)10(9(16)2-5)17-4-6-3-7(13)11(14)18-6/h1-3,17H,4H2. The molecule has 18 heavy (non-hydrogen) atoms. The second-order valence-corrected chi connectivity index (χ2v) is 6.94. The summed E-state index contributed by atoms with van der Waals surface area (Å²) in [7, 11) is 0. The normalized spacial score (nSPS) is 10.7. The largest absolute Gasteiger partial charge is 0.375 e. The Morgan fingerprint density at radius 2 is 1.78 bits per heavy atom. The molecule has 1 aromatic heterocycles. The minimum atomic E-state index is -0.636. The summed E-state index contributed by atoms with van der Waals surface area (Å²) < 4.78 is 28.8. The predicted molar refractivity (Wildman–Crippen MR) is 78.4 cm³/mol. The van der Waals surface area contributed by atoms with Gasteiger partial charge in [0.2, 0.25) is 0 Å². The van der Waals surface area contributed by atoms with Crippen molar-refractivity contribution < 1.29 is 8.78 Å². The fourth-order valence-corrected chi connectivity index (χ4v) is 3.50. The van der Waals surface area contributed by atoms with Gasteiger partial charge >= 0.3 is 0 Å². The summed E-state index contributed by atoms with van der Waals surface area (Å²) in [6, 6.07) is 4.24. The fourth-order valence-electron chi connectivity index (χ4n) is 1.37. The Morgan fingerprint density at radius 3 is 2.28 bits per heavy atom. The molecule has 2 rings (SSSR count). The Balaban J connectivity index is 2.15. The summed E-state index contributed by atoms with van der Waals surface area (Å²) in [6.07, 6.45) is 0. The van der Waals surface area contributed by atoms with Crippen molar-refractivity contribution in [3.8, 4) is 0 Å². The molecule has 0 aliphatic heterocycles. The van der Waals surface area contributed by atoms with Gasteiger partial charge < -0.3 is 5.32 Å². The van der Waals surface area contributed by atoms with Crippen molar-refractivity contribution in [3.05, 3.63) is 48.0 Å². The molecule has 0 unspecified atom stereocenters. The van der Waals surface area contributed by atoms with E-state index in [4.69, 9.17) is 11.6 Å². The molecule has 7 heteroatoms. The van der Waals surface area contributed by atoms with Gasteiger partial charge in [0.15, 0.2) is 0 Å². The lowest BCUT2D eigenvalue weighted by Crippen LogP contribution is -2.02. The van der Waals surface area contributed by atoms with Gasteiger partial charge in [-0.25, -0.2) is 8.78 Å². The van der Waals surface area contributed by atoms with Crippen LogP contribution in [0.2, 0.25) is 4.34 Å². The summed E-state index contributed by atoms with van der Waals surface area (Å²) >= 11 is 13.5. The number of halogens is 5. The summed E-state index contributed by atoms with van der Waals surface area (Å²) in [4.78, 5) is 0.883. The molecular formula is C11H6Br2ClF2NS. The number of hydrogen-bond donors (Lipinski definition) is 1. The molecule has 0 fully saturated rings. The van der Waals surface area contributed by atoms with Gasteiger partial charge in [-0.05, 0) is 34.1 Å². The lowest BCUT2D eigenvalue weighted by Gasteiger charge is -2.08. The van der Waals surface area contributed by atoms with Crippen molar-refractivity contribution in [2.24, 2.45) is 0 Å². The first-order valence-electron chi connectivity index (χ1n) is 4.79. The van der Waals surface area contributed by atoms with Gasteiger partial charge in [0.05, 0.1) is 0 Å². The maximum absolute atomic E-state index is 13.5.